The lowest BCUT2D eigenvalue weighted by atomic mass is 10.2. The molecular weight excluding hydrogens is 391 g/mol. The molecule has 1 aromatic carbocycles. The molecule has 0 radical (unpaired) electrons. The summed E-state index contributed by atoms with van der Waals surface area (Å²) in [5.41, 5.74) is 2.11. The van der Waals surface area contributed by atoms with Crippen LogP contribution in [-0.2, 0) is 6.54 Å². The zero-order valence-electron chi connectivity index (χ0n) is 15.5. The average molecular weight is 410 g/mol. The van der Waals surface area contributed by atoms with Gasteiger partial charge < -0.3 is 10.6 Å². The number of halogens is 1. The summed E-state index contributed by atoms with van der Waals surface area (Å²) in [5, 5.41) is 15.6. The minimum atomic E-state index is -0.353. The van der Waals surface area contributed by atoms with Gasteiger partial charge in [0.05, 0.1) is 25.0 Å². The number of hydrogen-bond donors (Lipinski definition) is 2. The normalized spacial score (nSPS) is 14.3. The van der Waals surface area contributed by atoms with E-state index in [9.17, 15) is 9.18 Å². The number of hydrogen-bond acceptors (Lipinski definition) is 6. The van der Waals surface area contributed by atoms with Crippen molar-refractivity contribution >= 4 is 28.7 Å². The van der Waals surface area contributed by atoms with Gasteiger partial charge in [0.1, 0.15) is 15.8 Å². The topological polar surface area (TPSA) is 83.0 Å². The van der Waals surface area contributed by atoms with Crippen LogP contribution in [0.2, 0.25) is 0 Å². The van der Waals surface area contributed by atoms with Gasteiger partial charge in [0, 0.05) is 24.0 Å². The second kappa shape index (κ2) is 8.89. The Morgan fingerprint density at radius 3 is 2.86 bits per heavy atom. The van der Waals surface area contributed by atoms with Crippen LogP contribution in [0.5, 0.6) is 0 Å². The van der Waals surface area contributed by atoms with Gasteiger partial charge in [-0.1, -0.05) is 29.5 Å². The fraction of sp³-hybridized carbons (Fsp3) is 0.200. The van der Waals surface area contributed by atoms with Crippen LogP contribution in [0.15, 0.2) is 60.7 Å². The van der Waals surface area contributed by atoms with E-state index in [0.29, 0.717) is 30.9 Å². The van der Waals surface area contributed by atoms with Gasteiger partial charge in [0.15, 0.2) is 0 Å². The first-order valence-electron chi connectivity index (χ1n) is 9.13. The predicted molar refractivity (Wildman–Crippen MR) is 111 cm³/mol. The fourth-order valence-corrected chi connectivity index (χ4v) is 3.86. The van der Waals surface area contributed by atoms with Crippen molar-refractivity contribution in [3.8, 4) is 10.6 Å². The molecule has 4 rings (SSSR count). The van der Waals surface area contributed by atoms with Crippen molar-refractivity contribution in [3.05, 3.63) is 65.7 Å². The van der Waals surface area contributed by atoms with Gasteiger partial charge in [0.25, 0.3) is 0 Å². The summed E-state index contributed by atoms with van der Waals surface area (Å²) in [6, 6.07) is 10.6. The Hall–Kier alpha value is -3.17. The maximum atomic E-state index is 13.4. The zero-order valence-corrected chi connectivity index (χ0v) is 16.3. The van der Waals surface area contributed by atoms with Crippen LogP contribution in [-0.4, -0.2) is 39.2 Å². The summed E-state index contributed by atoms with van der Waals surface area (Å²) in [6.07, 6.45) is 5.56. The Morgan fingerprint density at radius 2 is 2.03 bits per heavy atom. The molecule has 7 nitrogen and oxygen atoms in total. The summed E-state index contributed by atoms with van der Waals surface area (Å²) in [5.74, 6) is -0.0932. The minimum absolute atomic E-state index is 0.0932. The van der Waals surface area contributed by atoms with Gasteiger partial charge >= 0.3 is 6.03 Å². The van der Waals surface area contributed by atoms with Crippen molar-refractivity contribution < 1.29 is 9.18 Å². The molecule has 148 valence electrons. The number of rotatable bonds is 5. The zero-order chi connectivity index (χ0) is 20.1. The molecule has 0 aliphatic carbocycles. The van der Waals surface area contributed by atoms with Crippen LogP contribution in [0.4, 0.5) is 20.6 Å². The van der Waals surface area contributed by atoms with Gasteiger partial charge in [-0.05, 0) is 30.7 Å². The van der Waals surface area contributed by atoms with E-state index in [1.807, 2.05) is 23.1 Å². The lowest BCUT2D eigenvalue weighted by Gasteiger charge is -2.22. The number of urea groups is 1. The number of pyridine rings is 1. The van der Waals surface area contributed by atoms with Crippen LogP contribution in [0.1, 0.15) is 11.4 Å². The van der Waals surface area contributed by atoms with Crippen molar-refractivity contribution in [1.82, 2.24) is 20.1 Å². The molecule has 0 unspecified atom stereocenters. The Kier molecular flexibility index (Phi) is 5.87. The van der Waals surface area contributed by atoms with Crippen molar-refractivity contribution in [1.29, 1.82) is 0 Å². The first kappa shape index (κ1) is 19.2. The van der Waals surface area contributed by atoms with E-state index in [4.69, 9.17) is 0 Å². The van der Waals surface area contributed by atoms with Gasteiger partial charge in [-0.15, -0.1) is 10.2 Å². The van der Waals surface area contributed by atoms with Gasteiger partial charge in [0.2, 0.25) is 0 Å². The van der Waals surface area contributed by atoms with E-state index in [0.717, 1.165) is 22.1 Å². The molecule has 0 saturated heterocycles. The summed E-state index contributed by atoms with van der Waals surface area (Å²) < 4.78 is 13.4. The molecule has 2 aromatic heterocycles. The number of carbonyl (C=O) groups excluding carboxylic acids is 1. The van der Waals surface area contributed by atoms with Crippen LogP contribution in [0.3, 0.4) is 0 Å². The fourth-order valence-electron chi connectivity index (χ4n) is 2.98. The van der Waals surface area contributed by atoms with E-state index < -0.39 is 0 Å². The Balaban J connectivity index is 1.40. The number of nitrogens with zero attached hydrogens (tertiary/aromatic N) is 4. The highest BCUT2D eigenvalue weighted by Gasteiger charge is 2.16. The lowest BCUT2D eigenvalue weighted by Crippen LogP contribution is -2.28. The van der Waals surface area contributed by atoms with E-state index in [-0.39, 0.29) is 11.9 Å². The maximum absolute atomic E-state index is 13.4. The molecule has 29 heavy (non-hydrogen) atoms. The number of aromatic nitrogens is 3. The Morgan fingerprint density at radius 1 is 1.17 bits per heavy atom. The Labute approximate surface area is 171 Å². The van der Waals surface area contributed by atoms with E-state index in [1.165, 1.54) is 11.3 Å². The quantitative estimate of drug-likeness (QED) is 0.655. The van der Waals surface area contributed by atoms with Gasteiger partial charge in [-0.25, -0.2) is 9.18 Å². The largest absolute Gasteiger partial charge is 0.323 e. The molecular formula is C20H19FN6OS. The highest BCUT2D eigenvalue weighted by Crippen LogP contribution is 2.27. The highest BCUT2D eigenvalue weighted by atomic mass is 32.1. The molecule has 0 spiro atoms. The lowest BCUT2D eigenvalue weighted by molar-refractivity contribution is 0.258. The smallest absolute Gasteiger partial charge is 0.308 e. The number of nitrogens with one attached hydrogen (secondary N) is 2. The summed E-state index contributed by atoms with van der Waals surface area (Å²) >= 11 is 1.47. The van der Waals surface area contributed by atoms with Gasteiger partial charge in [-0.2, -0.15) is 0 Å². The first-order chi connectivity index (χ1) is 14.2. The number of carbonyl (C=O) groups is 1. The third-order valence-electron chi connectivity index (χ3n) is 4.30. The van der Waals surface area contributed by atoms with Crippen LogP contribution in [0, 0.1) is 0 Å². The van der Waals surface area contributed by atoms with E-state index in [1.54, 1.807) is 36.7 Å². The molecule has 2 N–H and O–H groups in total. The highest BCUT2D eigenvalue weighted by molar-refractivity contribution is 7.14. The third-order valence-corrected chi connectivity index (χ3v) is 5.26. The van der Waals surface area contributed by atoms with E-state index >= 15 is 0 Å². The molecule has 0 saturated carbocycles. The number of amides is 2. The maximum Gasteiger partial charge on any atom is 0.323 e. The summed E-state index contributed by atoms with van der Waals surface area (Å²) in [4.78, 5) is 18.1. The molecule has 3 aromatic rings. The van der Waals surface area contributed by atoms with Crippen molar-refractivity contribution in [3.63, 3.8) is 0 Å². The Bertz CT molecular complexity index is 1020. The molecule has 1 aliphatic heterocycles. The number of benzene rings is 1. The first-order valence-corrected chi connectivity index (χ1v) is 9.95. The van der Waals surface area contributed by atoms with Crippen LogP contribution >= 0.6 is 11.3 Å². The molecule has 1 aliphatic rings. The second-order valence-electron chi connectivity index (χ2n) is 6.55. The molecule has 0 atom stereocenters. The predicted octanol–water partition coefficient (Wildman–Crippen LogP) is 4.30. The van der Waals surface area contributed by atoms with Crippen molar-refractivity contribution in [2.45, 2.75) is 13.0 Å². The summed E-state index contributed by atoms with van der Waals surface area (Å²) in [6.45, 7) is 1.71. The average Bonchev–Trinajstić information content (AvgIpc) is 3.17. The number of anilines is 2. The van der Waals surface area contributed by atoms with Gasteiger partial charge in [-0.3, -0.25) is 9.88 Å². The van der Waals surface area contributed by atoms with Crippen LogP contribution < -0.4 is 10.6 Å². The second-order valence-corrected chi connectivity index (χ2v) is 7.61. The molecule has 3 heterocycles. The third kappa shape index (κ3) is 5.21. The summed E-state index contributed by atoms with van der Waals surface area (Å²) in [7, 11) is 0. The molecule has 2 amide bonds. The minimum Gasteiger partial charge on any atom is -0.308 e. The molecule has 0 fully saturated rings. The standard InChI is InChI=1S/C20H19FN6OS/c21-15-5-3-9-27(12-15)13-18-25-26-19(29-18)14-4-1-6-16(10-14)23-20(28)24-17-7-2-8-22-11-17/h1-2,4-8,10-11H,3,9,12-13H2,(H2,23,24,28). The van der Waals surface area contributed by atoms with E-state index in [2.05, 4.69) is 25.8 Å². The van der Waals surface area contributed by atoms with Crippen molar-refractivity contribution in [2.24, 2.45) is 0 Å². The monoisotopic (exact) mass is 410 g/mol. The van der Waals surface area contributed by atoms with Crippen LogP contribution in [0.25, 0.3) is 10.6 Å². The molecule has 0 bridgehead atoms. The molecule has 9 heteroatoms. The van der Waals surface area contributed by atoms with Crippen molar-refractivity contribution in [2.75, 3.05) is 23.7 Å². The SMILES string of the molecule is O=C(Nc1cccnc1)Nc1cccc(-c2nnc(CN3CCC=C(F)C3)s2)c1.